The highest BCUT2D eigenvalue weighted by molar-refractivity contribution is 4.96. The predicted octanol–water partition coefficient (Wildman–Crippen LogP) is 2.97. The van der Waals surface area contributed by atoms with Gasteiger partial charge in [0.1, 0.15) is 0 Å². The first-order valence-corrected chi connectivity index (χ1v) is 7.03. The van der Waals surface area contributed by atoms with Gasteiger partial charge in [-0.15, -0.1) is 0 Å². The fraction of sp³-hybridized carbons (Fsp3) is 1.00. The van der Waals surface area contributed by atoms with Gasteiger partial charge >= 0.3 is 0 Å². The molecule has 0 aromatic rings. The molecule has 2 fully saturated rings. The number of ether oxygens (including phenoxy) is 1. The molecule has 0 bridgehead atoms. The van der Waals surface area contributed by atoms with E-state index >= 15 is 0 Å². The van der Waals surface area contributed by atoms with Crippen molar-refractivity contribution in [1.29, 1.82) is 0 Å². The predicted molar refractivity (Wildman–Crippen MR) is 67.6 cm³/mol. The Morgan fingerprint density at radius 3 is 2.81 bits per heavy atom. The Balaban J connectivity index is 2.00. The highest BCUT2D eigenvalue weighted by Crippen LogP contribution is 2.44. The summed E-state index contributed by atoms with van der Waals surface area (Å²) in [6.07, 6.45) is 6.39. The van der Waals surface area contributed by atoms with Gasteiger partial charge in [-0.2, -0.15) is 0 Å². The topological polar surface area (TPSA) is 21.3 Å². The van der Waals surface area contributed by atoms with Crippen LogP contribution in [-0.4, -0.2) is 24.8 Å². The second-order valence-corrected chi connectivity index (χ2v) is 5.94. The van der Waals surface area contributed by atoms with Crippen LogP contribution < -0.4 is 5.32 Å². The van der Waals surface area contributed by atoms with Gasteiger partial charge in [0.25, 0.3) is 0 Å². The van der Waals surface area contributed by atoms with Gasteiger partial charge in [-0.25, -0.2) is 0 Å². The highest BCUT2D eigenvalue weighted by Gasteiger charge is 2.44. The third-order valence-corrected chi connectivity index (χ3v) is 4.65. The Bertz CT molecular complexity index is 229. The van der Waals surface area contributed by atoms with Crippen molar-refractivity contribution in [3.8, 4) is 0 Å². The largest absolute Gasteiger partial charge is 0.375 e. The van der Waals surface area contributed by atoms with Gasteiger partial charge in [-0.3, -0.25) is 0 Å². The van der Waals surface area contributed by atoms with Crippen molar-refractivity contribution in [2.75, 3.05) is 13.2 Å². The van der Waals surface area contributed by atoms with Crippen molar-refractivity contribution in [1.82, 2.24) is 5.32 Å². The van der Waals surface area contributed by atoms with Crippen LogP contribution in [-0.2, 0) is 4.74 Å². The molecule has 4 atom stereocenters. The summed E-state index contributed by atoms with van der Waals surface area (Å²) < 4.78 is 6.20. The second kappa shape index (κ2) is 5.05. The molecule has 94 valence electrons. The van der Waals surface area contributed by atoms with E-state index in [0.717, 1.165) is 25.0 Å². The van der Waals surface area contributed by atoms with Crippen molar-refractivity contribution in [3.63, 3.8) is 0 Å². The van der Waals surface area contributed by atoms with Crippen molar-refractivity contribution in [2.45, 2.75) is 64.5 Å². The van der Waals surface area contributed by atoms with Crippen LogP contribution in [0.5, 0.6) is 0 Å². The molecule has 0 radical (unpaired) electrons. The Morgan fingerprint density at radius 1 is 1.31 bits per heavy atom. The van der Waals surface area contributed by atoms with Crippen LogP contribution in [0.25, 0.3) is 0 Å². The number of hydrogen-bond donors (Lipinski definition) is 1. The molecule has 0 aromatic heterocycles. The lowest BCUT2D eigenvalue weighted by atomic mass is 9.68. The molecule has 2 rings (SSSR count). The first-order chi connectivity index (χ1) is 7.66. The van der Waals surface area contributed by atoms with E-state index in [1.54, 1.807) is 0 Å². The van der Waals surface area contributed by atoms with Crippen molar-refractivity contribution < 1.29 is 4.74 Å². The van der Waals surface area contributed by atoms with Gasteiger partial charge in [0.15, 0.2) is 0 Å². The normalized spacial score (nSPS) is 44.8. The van der Waals surface area contributed by atoms with Crippen LogP contribution in [0.4, 0.5) is 0 Å². The second-order valence-electron chi connectivity index (χ2n) is 5.94. The minimum atomic E-state index is 0.206. The zero-order valence-corrected chi connectivity index (χ0v) is 11.1. The van der Waals surface area contributed by atoms with Crippen LogP contribution in [0.2, 0.25) is 0 Å². The summed E-state index contributed by atoms with van der Waals surface area (Å²) in [4.78, 5) is 0. The van der Waals surface area contributed by atoms with E-state index in [2.05, 4.69) is 26.1 Å². The number of hydrogen-bond acceptors (Lipinski definition) is 2. The summed E-state index contributed by atoms with van der Waals surface area (Å²) in [5, 5.41) is 3.61. The summed E-state index contributed by atoms with van der Waals surface area (Å²) in [5.41, 5.74) is 0.206. The fourth-order valence-corrected chi connectivity index (χ4v) is 3.64. The molecule has 4 unspecified atom stereocenters. The Labute approximate surface area is 100 Å². The monoisotopic (exact) mass is 225 g/mol. The lowest BCUT2D eigenvalue weighted by Gasteiger charge is -2.49. The van der Waals surface area contributed by atoms with Gasteiger partial charge in [-0.1, -0.05) is 20.8 Å². The molecule has 1 heterocycles. The molecular weight excluding hydrogens is 198 g/mol. The first kappa shape index (κ1) is 12.4. The summed E-state index contributed by atoms with van der Waals surface area (Å²) >= 11 is 0. The van der Waals surface area contributed by atoms with Gasteiger partial charge in [0.05, 0.1) is 5.60 Å². The van der Waals surface area contributed by atoms with E-state index in [9.17, 15) is 0 Å². The van der Waals surface area contributed by atoms with Crippen molar-refractivity contribution in [3.05, 3.63) is 0 Å². The molecule has 1 saturated carbocycles. The van der Waals surface area contributed by atoms with E-state index in [-0.39, 0.29) is 5.60 Å². The SMILES string of the molecule is CCNC1CCOC2(CCC(C)CC2C)C1. The molecule has 2 aliphatic rings. The van der Waals surface area contributed by atoms with Gasteiger partial charge < -0.3 is 10.1 Å². The quantitative estimate of drug-likeness (QED) is 0.780. The molecule has 2 nitrogen and oxygen atoms in total. The first-order valence-electron chi connectivity index (χ1n) is 7.03. The molecule has 2 heteroatoms. The summed E-state index contributed by atoms with van der Waals surface area (Å²) in [7, 11) is 0. The van der Waals surface area contributed by atoms with E-state index in [1.807, 2.05) is 0 Å². The summed E-state index contributed by atoms with van der Waals surface area (Å²) in [6.45, 7) is 9.02. The Kier molecular flexibility index (Phi) is 3.91. The minimum absolute atomic E-state index is 0.206. The number of rotatable bonds is 2. The van der Waals surface area contributed by atoms with E-state index in [1.165, 1.54) is 32.1 Å². The van der Waals surface area contributed by atoms with Crippen LogP contribution in [0, 0.1) is 11.8 Å². The zero-order valence-electron chi connectivity index (χ0n) is 11.1. The van der Waals surface area contributed by atoms with Gasteiger partial charge in [-0.05, 0) is 50.5 Å². The molecule has 1 N–H and O–H groups in total. The Morgan fingerprint density at radius 2 is 2.12 bits per heavy atom. The molecule has 0 aromatic carbocycles. The molecule has 1 spiro atoms. The van der Waals surface area contributed by atoms with E-state index < -0.39 is 0 Å². The van der Waals surface area contributed by atoms with E-state index in [4.69, 9.17) is 4.74 Å². The highest BCUT2D eigenvalue weighted by atomic mass is 16.5. The van der Waals surface area contributed by atoms with Crippen LogP contribution in [0.3, 0.4) is 0 Å². The van der Waals surface area contributed by atoms with Gasteiger partial charge in [0, 0.05) is 12.6 Å². The van der Waals surface area contributed by atoms with Crippen LogP contribution in [0.1, 0.15) is 52.9 Å². The lowest BCUT2D eigenvalue weighted by Crippen LogP contribution is -2.52. The molecule has 16 heavy (non-hydrogen) atoms. The Hall–Kier alpha value is -0.0800. The van der Waals surface area contributed by atoms with E-state index in [0.29, 0.717) is 6.04 Å². The molecule has 1 aliphatic carbocycles. The third kappa shape index (κ3) is 2.43. The molecule has 1 aliphatic heterocycles. The van der Waals surface area contributed by atoms with Crippen LogP contribution in [0.15, 0.2) is 0 Å². The maximum atomic E-state index is 6.20. The number of nitrogens with one attached hydrogen (secondary N) is 1. The van der Waals surface area contributed by atoms with Gasteiger partial charge in [0.2, 0.25) is 0 Å². The standard InChI is InChI=1S/C14H27NO/c1-4-15-13-6-8-16-14(10-13)7-5-11(2)9-12(14)3/h11-13,15H,4-10H2,1-3H3. The smallest absolute Gasteiger partial charge is 0.0722 e. The van der Waals surface area contributed by atoms with Crippen LogP contribution >= 0.6 is 0 Å². The average Bonchev–Trinajstić information content (AvgIpc) is 2.26. The maximum absolute atomic E-state index is 6.20. The lowest BCUT2D eigenvalue weighted by molar-refractivity contribution is -0.144. The van der Waals surface area contributed by atoms with Crippen molar-refractivity contribution >= 4 is 0 Å². The zero-order chi connectivity index (χ0) is 11.6. The van der Waals surface area contributed by atoms with Crippen molar-refractivity contribution in [2.24, 2.45) is 11.8 Å². The summed E-state index contributed by atoms with van der Waals surface area (Å²) in [6, 6.07) is 0.689. The molecule has 1 saturated heterocycles. The molecular formula is C14H27NO. The average molecular weight is 225 g/mol. The summed E-state index contributed by atoms with van der Waals surface area (Å²) in [5.74, 6) is 1.63. The fourth-order valence-electron chi connectivity index (χ4n) is 3.64. The minimum Gasteiger partial charge on any atom is -0.375 e. The molecule has 0 amide bonds. The maximum Gasteiger partial charge on any atom is 0.0722 e. The third-order valence-electron chi connectivity index (χ3n) is 4.65.